The van der Waals surface area contributed by atoms with Gasteiger partial charge in [-0.15, -0.1) is 0 Å². The molecule has 0 unspecified atom stereocenters. The summed E-state index contributed by atoms with van der Waals surface area (Å²) in [5, 5.41) is 13.2. The maximum absolute atomic E-state index is 13.4. The Labute approximate surface area is 201 Å². The summed E-state index contributed by atoms with van der Waals surface area (Å²) >= 11 is 0. The van der Waals surface area contributed by atoms with Crippen molar-refractivity contribution in [2.75, 3.05) is 5.32 Å². The van der Waals surface area contributed by atoms with Crippen molar-refractivity contribution < 1.29 is 4.39 Å². The Morgan fingerprint density at radius 3 is 2.40 bits per heavy atom. The number of benzene rings is 2. The van der Waals surface area contributed by atoms with Gasteiger partial charge < -0.3 is 10.3 Å². The minimum Gasteiger partial charge on any atom is -0.382 e. The van der Waals surface area contributed by atoms with Crippen molar-refractivity contribution >= 4 is 27.5 Å². The molecule has 0 bridgehead atoms. The van der Waals surface area contributed by atoms with E-state index in [4.69, 9.17) is 0 Å². The molecule has 0 spiro atoms. The second kappa shape index (κ2) is 8.36. The van der Waals surface area contributed by atoms with E-state index >= 15 is 0 Å². The van der Waals surface area contributed by atoms with Crippen LogP contribution >= 0.6 is 0 Å². The maximum Gasteiger partial charge on any atom is 0.123 e. The smallest absolute Gasteiger partial charge is 0.123 e. The molecule has 6 aromatic rings. The molecule has 3 N–H and O–H groups in total. The molecule has 0 fully saturated rings. The van der Waals surface area contributed by atoms with E-state index in [1.54, 1.807) is 24.5 Å². The van der Waals surface area contributed by atoms with E-state index in [9.17, 15) is 4.39 Å². The standard InChI is InChI=1S/C28H23FN6/c1-16(2)32-21-9-19(12-30-13-21)18-5-8-25-23(10-18)28(35-34-25)26-11-22-24(14-31-15-27(22)33-26)17-3-6-20(29)7-4-17/h3-16,32-33H,1-2H3,(H,34,35). The molecule has 35 heavy (non-hydrogen) atoms. The molecule has 7 heteroatoms. The van der Waals surface area contributed by atoms with E-state index in [1.807, 2.05) is 18.5 Å². The summed E-state index contributed by atoms with van der Waals surface area (Å²) in [4.78, 5) is 12.3. The van der Waals surface area contributed by atoms with E-state index in [0.717, 1.165) is 61.1 Å². The van der Waals surface area contributed by atoms with E-state index in [-0.39, 0.29) is 5.82 Å². The highest BCUT2D eigenvalue weighted by atomic mass is 19.1. The third-order valence-electron chi connectivity index (χ3n) is 6.05. The van der Waals surface area contributed by atoms with Gasteiger partial charge in [-0.2, -0.15) is 5.10 Å². The summed E-state index contributed by atoms with van der Waals surface area (Å²) in [6.07, 6.45) is 7.31. The molecule has 0 radical (unpaired) electrons. The molecule has 6 rings (SSSR count). The van der Waals surface area contributed by atoms with Gasteiger partial charge in [0.2, 0.25) is 0 Å². The molecule has 6 nitrogen and oxygen atoms in total. The van der Waals surface area contributed by atoms with Crippen LogP contribution in [0.3, 0.4) is 0 Å². The number of aromatic nitrogens is 5. The Kier molecular flexibility index (Phi) is 5.03. The Hall–Kier alpha value is -4.52. The molecule has 0 atom stereocenters. The first-order chi connectivity index (χ1) is 17.0. The van der Waals surface area contributed by atoms with Crippen molar-refractivity contribution in [1.29, 1.82) is 0 Å². The first kappa shape index (κ1) is 21.0. The zero-order valence-electron chi connectivity index (χ0n) is 19.3. The average molecular weight is 463 g/mol. The van der Waals surface area contributed by atoms with Crippen LogP contribution in [-0.2, 0) is 0 Å². The van der Waals surface area contributed by atoms with Crippen LogP contribution in [0.1, 0.15) is 13.8 Å². The molecule has 0 saturated carbocycles. The Balaban J connectivity index is 1.44. The number of hydrogen-bond donors (Lipinski definition) is 3. The average Bonchev–Trinajstić information content (AvgIpc) is 3.48. The quantitative estimate of drug-likeness (QED) is 0.263. The molecule has 4 heterocycles. The zero-order chi connectivity index (χ0) is 23.9. The van der Waals surface area contributed by atoms with Gasteiger partial charge in [0.05, 0.1) is 28.6 Å². The predicted octanol–water partition coefficient (Wildman–Crippen LogP) is 6.79. The molecule has 0 saturated heterocycles. The van der Waals surface area contributed by atoms with Crippen molar-refractivity contribution in [3.8, 4) is 33.6 Å². The number of rotatable bonds is 5. The van der Waals surface area contributed by atoms with Gasteiger partial charge in [0, 0.05) is 46.5 Å². The van der Waals surface area contributed by atoms with Gasteiger partial charge >= 0.3 is 0 Å². The first-order valence-corrected chi connectivity index (χ1v) is 11.5. The molecule has 4 aromatic heterocycles. The lowest BCUT2D eigenvalue weighted by atomic mass is 10.0. The molecule has 0 aliphatic rings. The van der Waals surface area contributed by atoms with Gasteiger partial charge in [0.25, 0.3) is 0 Å². The molecule has 2 aromatic carbocycles. The minimum atomic E-state index is -0.261. The van der Waals surface area contributed by atoms with Gasteiger partial charge in [-0.25, -0.2) is 4.39 Å². The number of hydrogen-bond acceptors (Lipinski definition) is 4. The highest BCUT2D eigenvalue weighted by Gasteiger charge is 2.15. The summed E-state index contributed by atoms with van der Waals surface area (Å²) < 4.78 is 13.4. The largest absolute Gasteiger partial charge is 0.382 e. The van der Waals surface area contributed by atoms with Gasteiger partial charge in [-0.05, 0) is 61.4 Å². The van der Waals surface area contributed by atoms with Crippen LogP contribution in [0.5, 0.6) is 0 Å². The first-order valence-electron chi connectivity index (χ1n) is 11.5. The van der Waals surface area contributed by atoms with Gasteiger partial charge in [-0.1, -0.05) is 18.2 Å². The minimum absolute atomic E-state index is 0.261. The fourth-order valence-electron chi connectivity index (χ4n) is 4.45. The van der Waals surface area contributed by atoms with Crippen LogP contribution in [0.2, 0.25) is 0 Å². The van der Waals surface area contributed by atoms with Crippen LogP contribution in [0.25, 0.3) is 55.4 Å². The summed E-state index contributed by atoms with van der Waals surface area (Å²) in [7, 11) is 0. The highest BCUT2D eigenvalue weighted by molar-refractivity contribution is 6.01. The third kappa shape index (κ3) is 3.91. The number of aromatic amines is 2. The SMILES string of the molecule is CC(C)Nc1cncc(-c2ccc3[nH]nc(-c4cc5c(-c6ccc(F)cc6)cncc5[nH]4)c3c2)c1. The maximum atomic E-state index is 13.4. The molecule has 0 aliphatic heterocycles. The number of fused-ring (bicyclic) bond motifs is 2. The molecular weight excluding hydrogens is 439 g/mol. The second-order valence-corrected chi connectivity index (χ2v) is 8.93. The fourth-order valence-corrected chi connectivity index (χ4v) is 4.45. The summed E-state index contributed by atoms with van der Waals surface area (Å²) in [6, 6.07) is 17.2. The van der Waals surface area contributed by atoms with Gasteiger partial charge in [-0.3, -0.25) is 15.1 Å². The van der Waals surface area contributed by atoms with Crippen LogP contribution in [0.15, 0.2) is 79.4 Å². The number of anilines is 1. The van der Waals surface area contributed by atoms with Crippen LogP contribution in [-0.4, -0.2) is 31.2 Å². The number of nitrogens with one attached hydrogen (secondary N) is 3. The predicted molar refractivity (Wildman–Crippen MR) is 139 cm³/mol. The number of H-pyrrole nitrogens is 2. The van der Waals surface area contributed by atoms with E-state index in [1.165, 1.54) is 12.1 Å². The second-order valence-electron chi connectivity index (χ2n) is 8.93. The number of nitrogens with zero attached hydrogens (tertiary/aromatic N) is 3. The van der Waals surface area contributed by atoms with E-state index < -0.39 is 0 Å². The highest BCUT2D eigenvalue weighted by Crippen LogP contribution is 2.35. The Bertz CT molecular complexity index is 1660. The third-order valence-corrected chi connectivity index (χ3v) is 6.05. The number of halogens is 1. The lowest BCUT2D eigenvalue weighted by Crippen LogP contribution is -2.09. The summed E-state index contributed by atoms with van der Waals surface area (Å²) in [5.74, 6) is -0.261. The summed E-state index contributed by atoms with van der Waals surface area (Å²) in [6.45, 7) is 4.21. The Morgan fingerprint density at radius 1 is 0.771 bits per heavy atom. The number of pyridine rings is 2. The lowest BCUT2D eigenvalue weighted by molar-refractivity contribution is 0.628. The fraction of sp³-hybridized carbons (Fsp3) is 0.107. The topological polar surface area (TPSA) is 82.3 Å². The van der Waals surface area contributed by atoms with Crippen LogP contribution in [0, 0.1) is 5.82 Å². The van der Waals surface area contributed by atoms with Gasteiger partial charge in [0.1, 0.15) is 11.5 Å². The molecule has 172 valence electrons. The van der Waals surface area contributed by atoms with Crippen molar-refractivity contribution in [2.24, 2.45) is 0 Å². The van der Waals surface area contributed by atoms with Crippen LogP contribution in [0.4, 0.5) is 10.1 Å². The van der Waals surface area contributed by atoms with Crippen molar-refractivity contribution in [3.63, 3.8) is 0 Å². The molecule has 0 aliphatic carbocycles. The monoisotopic (exact) mass is 462 g/mol. The molecular formula is C28H23FN6. The van der Waals surface area contributed by atoms with Gasteiger partial charge in [0.15, 0.2) is 0 Å². The van der Waals surface area contributed by atoms with Crippen LogP contribution < -0.4 is 5.32 Å². The normalized spacial score (nSPS) is 11.5. The molecule has 0 amide bonds. The van der Waals surface area contributed by atoms with Crippen molar-refractivity contribution in [2.45, 2.75) is 19.9 Å². The van der Waals surface area contributed by atoms with Crippen molar-refractivity contribution in [3.05, 3.63) is 85.2 Å². The lowest BCUT2D eigenvalue weighted by Gasteiger charge is -2.11. The van der Waals surface area contributed by atoms with E-state index in [0.29, 0.717) is 6.04 Å². The Morgan fingerprint density at radius 2 is 1.57 bits per heavy atom. The van der Waals surface area contributed by atoms with Crippen molar-refractivity contribution in [1.82, 2.24) is 25.1 Å². The van der Waals surface area contributed by atoms with E-state index in [2.05, 4.69) is 68.6 Å². The summed E-state index contributed by atoms with van der Waals surface area (Å²) in [5.41, 5.74) is 8.48. The zero-order valence-corrected chi connectivity index (χ0v) is 19.3.